The number of carboxylic acid groups (broad SMARTS) is 2. The molecular weight excluding hydrogens is 252 g/mol. The van der Waals surface area contributed by atoms with Gasteiger partial charge in [-0.05, 0) is 25.3 Å². The second-order valence-electron chi connectivity index (χ2n) is 4.93. The molecule has 3 atom stereocenters. The molecule has 1 saturated heterocycles. The van der Waals surface area contributed by atoms with Crippen LogP contribution >= 0.6 is 0 Å². The van der Waals surface area contributed by atoms with E-state index in [9.17, 15) is 14.4 Å². The summed E-state index contributed by atoms with van der Waals surface area (Å²) in [6.45, 7) is 3.23. The quantitative estimate of drug-likeness (QED) is 0.504. The van der Waals surface area contributed by atoms with E-state index in [1.54, 1.807) is 0 Å². The summed E-state index contributed by atoms with van der Waals surface area (Å²) in [6.07, 6.45) is 0.258. The van der Waals surface area contributed by atoms with Crippen LogP contribution in [0, 0.1) is 11.8 Å². The first kappa shape index (κ1) is 15.4. The van der Waals surface area contributed by atoms with Gasteiger partial charge in [0, 0.05) is 13.0 Å². The molecule has 7 heteroatoms. The molecule has 0 spiro atoms. The maximum Gasteiger partial charge on any atom is 0.326 e. The molecule has 108 valence electrons. The molecule has 0 aromatic carbocycles. The van der Waals surface area contributed by atoms with E-state index in [1.165, 1.54) is 0 Å². The highest BCUT2D eigenvalue weighted by Crippen LogP contribution is 2.16. The molecule has 0 radical (unpaired) electrons. The fourth-order valence-electron chi connectivity index (χ4n) is 2.15. The van der Waals surface area contributed by atoms with E-state index < -0.39 is 18.0 Å². The number of carbonyl (C=O) groups excluding carboxylic acids is 1. The lowest BCUT2D eigenvalue weighted by Gasteiger charge is -2.19. The second-order valence-corrected chi connectivity index (χ2v) is 4.93. The van der Waals surface area contributed by atoms with Crippen molar-refractivity contribution in [3.8, 4) is 0 Å². The van der Waals surface area contributed by atoms with Gasteiger partial charge in [-0.25, -0.2) is 4.79 Å². The molecule has 0 aliphatic carbocycles. The first-order chi connectivity index (χ1) is 8.91. The number of amides is 1. The van der Waals surface area contributed by atoms with Gasteiger partial charge in [-0.2, -0.15) is 0 Å². The maximum atomic E-state index is 11.9. The van der Waals surface area contributed by atoms with Gasteiger partial charge in [0.2, 0.25) is 5.91 Å². The standard InChI is InChI=1S/C12H20N2O5/c1-7-5-13-6-8(7)11(17)14-9(12(18)19)3-2-4-10(15)16/h7-9,13H,2-6H2,1H3,(H,14,17)(H,15,16)(H,18,19)/t7-,8-,9-/m1/s1. The highest BCUT2D eigenvalue weighted by Gasteiger charge is 2.32. The Kier molecular flexibility index (Phi) is 5.75. The molecule has 1 fully saturated rings. The first-order valence-electron chi connectivity index (χ1n) is 6.37. The van der Waals surface area contributed by atoms with Crippen molar-refractivity contribution in [2.45, 2.75) is 32.2 Å². The maximum absolute atomic E-state index is 11.9. The van der Waals surface area contributed by atoms with Crippen LogP contribution in [-0.4, -0.2) is 47.2 Å². The highest BCUT2D eigenvalue weighted by molar-refractivity contribution is 5.85. The van der Waals surface area contributed by atoms with Crippen molar-refractivity contribution in [2.24, 2.45) is 11.8 Å². The minimum atomic E-state index is -1.13. The fourth-order valence-corrected chi connectivity index (χ4v) is 2.15. The zero-order chi connectivity index (χ0) is 14.4. The molecule has 1 heterocycles. The smallest absolute Gasteiger partial charge is 0.326 e. The number of carbonyl (C=O) groups is 3. The Morgan fingerprint density at radius 3 is 2.47 bits per heavy atom. The van der Waals surface area contributed by atoms with Crippen molar-refractivity contribution < 1.29 is 24.6 Å². The molecule has 7 nitrogen and oxygen atoms in total. The average Bonchev–Trinajstić information content (AvgIpc) is 2.73. The van der Waals surface area contributed by atoms with Gasteiger partial charge in [-0.3, -0.25) is 9.59 Å². The highest BCUT2D eigenvalue weighted by atomic mass is 16.4. The number of aliphatic carboxylic acids is 2. The molecule has 1 amide bonds. The SMILES string of the molecule is C[C@@H]1CNC[C@H]1C(=O)N[C@H](CCCC(=O)O)C(=O)O. The summed E-state index contributed by atoms with van der Waals surface area (Å²) in [7, 11) is 0. The number of carboxylic acids is 2. The van der Waals surface area contributed by atoms with Crippen molar-refractivity contribution in [1.82, 2.24) is 10.6 Å². The van der Waals surface area contributed by atoms with E-state index in [-0.39, 0.29) is 37.0 Å². The Morgan fingerprint density at radius 1 is 1.32 bits per heavy atom. The van der Waals surface area contributed by atoms with Crippen molar-refractivity contribution >= 4 is 17.8 Å². The molecule has 0 bridgehead atoms. The number of nitrogens with one attached hydrogen (secondary N) is 2. The minimum absolute atomic E-state index is 0.0962. The van der Waals surface area contributed by atoms with Gasteiger partial charge in [0.1, 0.15) is 6.04 Å². The first-order valence-corrected chi connectivity index (χ1v) is 6.37. The molecule has 0 aromatic heterocycles. The lowest BCUT2D eigenvalue weighted by molar-refractivity contribution is -0.143. The summed E-state index contributed by atoms with van der Waals surface area (Å²) in [5.74, 6) is -2.42. The second kappa shape index (κ2) is 7.08. The third-order valence-corrected chi connectivity index (χ3v) is 3.35. The van der Waals surface area contributed by atoms with Crippen molar-refractivity contribution in [3.05, 3.63) is 0 Å². The van der Waals surface area contributed by atoms with E-state index in [4.69, 9.17) is 10.2 Å². The Morgan fingerprint density at radius 2 is 2.00 bits per heavy atom. The third-order valence-electron chi connectivity index (χ3n) is 3.35. The molecule has 1 aliphatic rings. The van der Waals surface area contributed by atoms with Gasteiger partial charge >= 0.3 is 11.9 Å². The molecule has 19 heavy (non-hydrogen) atoms. The van der Waals surface area contributed by atoms with Gasteiger partial charge in [0.05, 0.1) is 5.92 Å². The average molecular weight is 272 g/mol. The predicted octanol–water partition coefficient (Wildman–Crippen LogP) is -0.334. The van der Waals surface area contributed by atoms with Gasteiger partial charge in [0.25, 0.3) is 0 Å². The zero-order valence-electron chi connectivity index (χ0n) is 10.9. The molecule has 0 aromatic rings. The van der Waals surface area contributed by atoms with E-state index >= 15 is 0 Å². The number of hydrogen-bond donors (Lipinski definition) is 4. The van der Waals surface area contributed by atoms with Gasteiger partial charge in [0.15, 0.2) is 0 Å². The van der Waals surface area contributed by atoms with E-state index in [1.807, 2.05) is 6.92 Å². The van der Waals surface area contributed by atoms with Crippen LogP contribution in [0.4, 0.5) is 0 Å². The van der Waals surface area contributed by atoms with Crippen LogP contribution in [0.2, 0.25) is 0 Å². The molecule has 0 unspecified atom stereocenters. The topological polar surface area (TPSA) is 116 Å². The fraction of sp³-hybridized carbons (Fsp3) is 0.750. The largest absolute Gasteiger partial charge is 0.481 e. The van der Waals surface area contributed by atoms with Gasteiger partial charge in [-0.1, -0.05) is 6.92 Å². The Balaban J connectivity index is 2.46. The summed E-state index contributed by atoms with van der Waals surface area (Å²) >= 11 is 0. The van der Waals surface area contributed by atoms with Crippen LogP contribution < -0.4 is 10.6 Å². The summed E-state index contributed by atoms with van der Waals surface area (Å²) in [6, 6.07) is -1.01. The summed E-state index contributed by atoms with van der Waals surface area (Å²) in [4.78, 5) is 33.3. The van der Waals surface area contributed by atoms with E-state index in [0.717, 1.165) is 6.54 Å². The molecular formula is C12H20N2O5. The van der Waals surface area contributed by atoms with Crippen molar-refractivity contribution in [1.29, 1.82) is 0 Å². The Labute approximate surface area is 111 Å². The van der Waals surface area contributed by atoms with Gasteiger partial charge < -0.3 is 20.8 Å². The third kappa shape index (κ3) is 4.86. The van der Waals surface area contributed by atoms with E-state index in [2.05, 4.69) is 10.6 Å². The van der Waals surface area contributed by atoms with Crippen LogP contribution in [0.25, 0.3) is 0 Å². The molecule has 1 rings (SSSR count). The van der Waals surface area contributed by atoms with Gasteiger partial charge in [-0.15, -0.1) is 0 Å². The summed E-state index contributed by atoms with van der Waals surface area (Å²) in [5.41, 5.74) is 0. The van der Waals surface area contributed by atoms with E-state index in [0.29, 0.717) is 6.54 Å². The predicted molar refractivity (Wildman–Crippen MR) is 66.6 cm³/mol. The van der Waals surface area contributed by atoms with Crippen molar-refractivity contribution in [2.75, 3.05) is 13.1 Å². The number of rotatable bonds is 7. The molecule has 4 N–H and O–H groups in total. The molecule has 0 saturated carbocycles. The van der Waals surface area contributed by atoms with Crippen LogP contribution in [0.5, 0.6) is 0 Å². The van der Waals surface area contributed by atoms with Crippen LogP contribution in [0.15, 0.2) is 0 Å². The summed E-state index contributed by atoms with van der Waals surface area (Å²) in [5, 5.41) is 23.1. The van der Waals surface area contributed by atoms with Crippen LogP contribution in [0.1, 0.15) is 26.2 Å². The number of hydrogen-bond acceptors (Lipinski definition) is 4. The lowest BCUT2D eigenvalue weighted by atomic mass is 9.96. The zero-order valence-corrected chi connectivity index (χ0v) is 10.9. The minimum Gasteiger partial charge on any atom is -0.481 e. The molecule has 1 aliphatic heterocycles. The Bertz CT molecular complexity index is 358. The van der Waals surface area contributed by atoms with Crippen LogP contribution in [0.3, 0.4) is 0 Å². The van der Waals surface area contributed by atoms with Crippen LogP contribution in [-0.2, 0) is 14.4 Å². The Hall–Kier alpha value is -1.63. The van der Waals surface area contributed by atoms with Crippen molar-refractivity contribution in [3.63, 3.8) is 0 Å². The normalized spacial score (nSPS) is 23.8. The monoisotopic (exact) mass is 272 g/mol. The lowest BCUT2D eigenvalue weighted by Crippen LogP contribution is -2.45. The summed E-state index contributed by atoms with van der Waals surface area (Å²) < 4.78 is 0.